The summed E-state index contributed by atoms with van der Waals surface area (Å²) in [7, 11) is 0. The summed E-state index contributed by atoms with van der Waals surface area (Å²) in [6.45, 7) is 4.08. The van der Waals surface area contributed by atoms with Crippen LogP contribution in [0, 0.1) is 0 Å². The topological polar surface area (TPSA) is 72.8 Å². The van der Waals surface area contributed by atoms with Gasteiger partial charge in [0.05, 0.1) is 6.61 Å². The molecule has 0 rings (SSSR count). The predicted octanol–water partition coefficient (Wildman–Crippen LogP) is 23.3. The predicted molar refractivity (Wildman–Crippen MR) is 334 cm³/mol. The Morgan fingerprint density at radius 1 is 0.316 bits per heavy atom. The molecule has 0 aliphatic carbocycles. The molecule has 0 aliphatic heterocycles. The van der Waals surface area contributed by atoms with Crippen LogP contribution in [-0.4, -0.2) is 36.4 Å². The van der Waals surface area contributed by atoms with Crippen LogP contribution in [0.5, 0.6) is 0 Å². The number of aliphatic hydroxyl groups excluding tert-OH is 1. The fourth-order valence-electron chi connectivity index (χ4n) is 10.3. The summed E-state index contributed by atoms with van der Waals surface area (Å²) >= 11 is 0. The molecule has 0 radical (unpaired) electrons. The smallest absolute Gasteiger partial charge is 0.306 e. The Hall–Kier alpha value is -2.40. The number of hydrogen-bond donors (Lipinski definition) is 1. The van der Waals surface area contributed by atoms with Crippen molar-refractivity contribution >= 4 is 11.9 Å². The fraction of sp³-hybridized carbons (Fsp3) is 0.831. The number of esters is 2. The molecular formula is C71H130O5. The second-order valence-corrected chi connectivity index (χ2v) is 22.9. The molecule has 0 saturated carbocycles. The Morgan fingerprint density at radius 2 is 0.566 bits per heavy atom. The molecule has 0 amide bonds. The van der Waals surface area contributed by atoms with Crippen LogP contribution in [0.3, 0.4) is 0 Å². The number of unbranched alkanes of at least 4 members (excludes halogenated alkanes) is 45. The van der Waals surface area contributed by atoms with Gasteiger partial charge in [0.25, 0.3) is 0 Å². The maximum absolute atomic E-state index is 12.4. The molecule has 1 N–H and O–H groups in total. The number of ether oxygens (including phenoxy) is 2. The van der Waals surface area contributed by atoms with Crippen LogP contribution in [0.4, 0.5) is 0 Å². The molecular weight excluding hydrogens is 933 g/mol. The van der Waals surface area contributed by atoms with E-state index in [2.05, 4.69) is 74.6 Å². The lowest BCUT2D eigenvalue weighted by molar-refractivity contribution is -0.161. The highest BCUT2D eigenvalue weighted by atomic mass is 16.6. The van der Waals surface area contributed by atoms with Crippen LogP contribution in [0.1, 0.15) is 361 Å². The third-order valence-corrected chi connectivity index (χ3v) is 15.3. The van der Waals surface area contributed by atoms with Gasteiger partial charge in [0.1, 0.15) is 6.61 Å². The van der Waals surface area contributed by atoms with Gasteiger partial charge in [-0.2, -0.15) is 0 Å². The minimum Gasteiger partial charge on any atom is -0.462 e. The van der Waals surface area contributed by atoms with Crippen LogP contribution < -0.4 is 0 Å². The molecule has 1 atom stereocenters. The SMILES string of the molecule is CC/C=C\C/C=C\C/C=C\C/C=C\CCCCCCCCCCCCCCCCCCCCCCCCCCC(=O)OC(CO)COC(=O)CCCCCCCCCCCCCCC/C=C\CCCCCCCCCC. The van der Waals surface area contributed by atoms with Gasteiger partial charge in [0.15, 0.2) is 6.10 Å². The van der Waals surface area contributed by atoms with Crippen LogP contribution in [0.25, 0.3) is 0 Å². The zero-order valence-corrected chi connectivity index (χ0v) is 51.0. The van der Waals surface area contributed by atoms with Crippen molar-refractivity contribution in [2.24, 2.45) is 0 Å². The number of rotatable bonds is 63. The first-order valence-corrected chi connectivity index (χ1v) is 33.8. The molecule has 0 aromatic carbocycles. The number of aliphatic hydroxyl groups is 1. The lowest BCUT2D eigenvalue weighted by Crippen LogP contribution is -2.28. The van der Waals surface area contributed by atoms with Crippen LogP contribution in [0.15, 0.2) is 60.8 Å². The average Bonchev–Trinajstić information content (AvgIpc) is 3.42. The van der Waals surface area contributed by atoms with Crippen molar-refractivity contribution in [1.29, 1.82) is 0 Å². The zero-order valence-electron chi connectivity index (χ0n) is 51.0. The minimum atomic E-state index is -0.771. The Labute approximate surface area is 474 Å². The second-order valence-electron chi connectivity index (χ2n) is 22.9. The molecule has 0 heterocycles. The van der Waals surface area contributed by atoms with Crippen LogP contribution >= 0.6 is 0 Å². The second kappa shape index (κ2) is 66.9. The van der Waals surface area contributed by atoms with Gasteiger partial charge in [-0.1, -0.05) is 331 Å². The highest BCUT2D eigenvalue weighted by molar-refractivity contribution is 5.70. The fourth-order valence-corrected chi connectivity index (χ4v) is 10.3. The van der Waals surface area contributed by atoms with Gasteiger partial charge >= 0.3 is 11.9 Å². The summed E-state index contributed by atoms with van der Waals surface area (Å²) in [6.07, 6.45) is 91.1. The van der Waals surface area contributed by atoms with Crippen LogP contribution in [0.2, 0.25) is 0 Å². The molecule has 0 bridgehead atoms. The molecule has 1 unspecified atom stereocenters. The molecule has 0 saturated heterocycles. The molecule has 0 aromatic heterocycles. The van der Waals surface area contributed by atoms with Gasteiger partial charge in [-0.15, -0.1) is 0 Å². The largest absolute Gasteiger partial charge is 0.462 e. The van der Waals surface area contributed by atoms with E-state index in [0.29, 0.717) is 12.8 Å². The summed E-state index contributed by atoms with van der Waals surface area (Å²) in [5, 5.41) is 9.69. The first kappa shape index (κ1) is 73.6. The number of allylic oxidation sites excluding steroid dienone is 10. The van der Waals surface area contributed by atoms with Gasteiger partial charge in [0.2, 0.25) is 0 Å². The van der Waals surface area contributed by atoms with Gasteiger partial charge in [-0.25, -0.2) is 0 Å². The Morgan fingerprint density at radius 3 is 0.868 bits per heavy atom. The van der Waals surface area contributed by atoms with Gasteiger partial charge in [-0.3, -0.25) is 9.59 Å². The first-order chi connectivity index (χ1) is 37.6. The molecule has 0 aliphatic rings. The Balaban J connectivity index is 3.40. The van der Waals surface area contributed by atoms with Gasteiger partial charge < -0.3 is 14.6 Å². The molecule has 5 nitrogen and oxygen atoms in total. The van der Waals surface area contributed by atoms with E-state index in [0.717, 1.165) is 64.2 Å². The third kappa shape index (κ3) is 64.1. The van der Waals surface area contributed by atoms with Gasteiger partial charge in [-0.05, 0) is 77.0 Å². The van der Waals surface area contributed by atoms with E-state index in [4.69, 9.17) is 9.47 Å². The third-order valence-electron chi connectivity index (χ3n) is 15.3. The monoisotopic (exact) mass is 1060 g/mol. The van der Waals surface area contributed by atoms with Crippen molar-refractivity contribution in [2.75, 3.05) is 13.2 Å². The number of hydrogen-bond acceptors (Lipinski definition) is 5. The van der Waals surface area contributed by atoms with E-state index in [1.165, 1.54) is 270 Å². The first-order valence-electron chi connectivity index (χ1n) is 33.8. The lowest BCUT2D eigenvalue weighted by atomic mass is 10.0. The Kier molecular flexibility index (Phi) is 64.8. The molecule has 0 fully saturated rings. The van der Waals surface area contributed by atoms with E-state index in [9.17, 15) is 14.7 Å². The van der Waals surface area contributed by atoms with E-state index < -0.39 is 6.10 Å². The molecule has 5 heteroatoms. The van der Waals surface area contributed by atoms with Crippen molar-refractivity contribution in [1.82, 2.24) is 0 Å². The minimum absolute atomic E-state index is 0.0611. The summed E-state index contributed by atoms with van der Waals surface area (Å²) < 4.78 is 10.8. The summed E-state index contributed by atoms with van der Waals surface area (Å²) in [5.41, 5.74) is 0. The highest BCUT2D eigenvalue weighted by Gasteiger charge is 2.16. The quantitative estimate of drug-likeness (QED) is 0.0373. The summed E-state index contributed by atoms with van der Waals surface area (Å²) in [6, 6.07) is 0. The molecule has 0 aromatic rings. The van der Waals surface area contributed by atoms with Crippen molar-refractivity contribution in [3.63, 3.8) is 0 Å². The van der Waals surface area contributed by atoms with Gasteiger partial charge in [0, 0.05) is 12.8 Å². The van der Waals surface area contributed by atoms with E-state index in [-0.39, 0.29) is 25.2 Å². The van der Waals surface area contributed by atoms with Crippen molar-refractivity contribution in [3.8, 4) is 0 Å². The van der Waals surface area contributed by atoms with E-state index in [1.807, 2.05) is 0 Å². The van der Waals surface area contributed by atoms with Crippen molar-refractivity contribution in [2.45, 2.75) is 367 Å². The van der Waals surface area contributed by atoms with E-state index >= 15 is 0 Å². The summed E-state index contributed by atoms with van der Waals surface area (Å²) in [4.78, 5) is 24.6. The van der Waals surface area contributed by atoms with Crippen molar-refractivity contribution in [3.05, 3.63) is 60.8 Å². The van der Waals surface area contributed by atoms with Crippen molar-refractivity contribution < 1.29 is 24.2 Å². The number of carbonyl (C=O) groups excluding carboxylic acids is 2. The zero-order chi connectivity index (χ0) is 54.8. The Bertz CT molecular complexity index is 1300. The molecule has 0 spiro atoms. The standard InChI is InChI=1S/C71H130O5/c1-3-5-7-9-11-13-15-17-19-21-23-25-27-29-30-31-32-33-34-35-36-37-38-39-40-42-44-46-48-50-52-54-56-58-60-62-64-66-71(74)76-69(67-72)68-75-70(73)65-63-61-59-57-55-53-51-49-47-45-43-41-28-26-24-22-20-18-16-14-12-10-8-6-4-2/h5,7,11,13,17,19,22-25,69,72H,3-4,6,8-10,12,14-16,18,20-21,26-68H2,1-2H3/b7-5-,13-11-,19-17-,24-22-,25-23-. The number of carbonyl (C=O) groups is 2. The lowest BCUT2D eigenvalue weighted by Gasteiger charge is -2.15. The van der Waals surface area contributed by atoms with Crippen LogP contribution in [-0.2, 0) is 19.1 Å². The normalized spacial score (nSPS) is 12.5. The molecule has 76 heavy (non-hydrogen) atoms. The highest BCUT2D eigenvalue weighted by Crippen LogP contribution is 2.18. The van der Waals surface area contributed by atoms with E-state index in [1.54, 1.807) is 0 Å². The maximum atomic E-state index is 12.4. The maximum Gasteiger partial charge on any atom is 0.306 e. The summed E-state index contributed by atoms with van der Waals surface area (Å²) in [5.74, 6) is -0.570. The average molecular weight is 1060 g/mol. The molecule has 444 valence electrons.